The highest BCUT2D eigenvalue weighted by Crippen LogP contribution is 2.33. The second-order valence-corrected chi connectivity index (χ2v) is 4.78. The minimum absolute atomic E-state index is 0.127. The molecule has 0 aromatic rings. The number of methoxy groups -OCH3 is 1. The molecule has 0 aromatic carbocycles. The van der Waals surface area contributed by atoms with E-state index in [1.807, 2.05) is 26.8 Å². The van der Waals surface area contributed by atoms with Crippen molar-refractivity contribution in [2.45, 2.75) is 46.6 Å². The largest absolute Gasteiger partial charge is 0.369 e. The fourth-order valence-corrected chi connectivity index (χ4v) is 1.96. The molecule has 94 valence electrons. The van der Waals surface area contributed by atoms with Gasteiger partial charge in [-0.2, -0.15) is 0 Å². The van der Waals surface area contributed by atoms with Gasteiger partial charge < -0.3 is 4.74 Å². The Bertz CT molecular complexity index is 393. The van der Waals surface area contributed by atoms with Crippen LogP contribution in [0.4, 0.5) is 0 Å². The van der Waals surface area contributed by atoms with Crippen LogP contribution in [0.3, 0.4) is 0 Å². The van der Waals surface area contributed by atoms with E-state index >= 15 is 0 Å². The summed E-state index contributed by atoms with van der Waals surface area (Å²) < 4.78 is 5.23. The van der Waals surface area contributed by atoms with Gasteiger partial charge >= 0.3 is 0 Å². The number of rotatable bonds is 5. The van der Waals surface area contributed by atoms with Gasteiger partial charge in [-0.3, -0.25) is 4.79 Å². The number of ketones is 1. The maximum atomic E-state index is 11.8. The molecule has 1 aliphatic rings. The fourth-order valence-electron chi connectivity index (χ4n) is 1.96. The second-order valence-electron chi connectivity index (χ2n) is 4.78. The normalized spacial score (nSPS) is 20.4. The molecule has 0 fully saturated rings. The lowest BCUT2D eigenvalue weighted by Gasteiger charge is -2.30. The first kappa shape index (κ1) is 13.9. The second kappa shape index (κ2) is 5.97. The number of ether oxygens (including phenoxy) is 1. The van der Waals surface area contributed by atoms with Crippen LogP contribution in [0.2, 0.25) is 0 Å². The first-order valence-electron chi connectivity index (χ1n) is 6.08. The van der Waals surface area contributed by atoms with Gasteiger partial charge in [0.15, 0.2) is 5.78 Å². The zero-order valence-electron chi connectivity index (χ0n) is 11.5. The van der Waals surface area contributed by atoms with E-state index in [9.17, 15) is 4.79 Å². The summed E-state index contributed by atoms with van der Waals surface area (Å²) in [6.45, 7) is 8.17. The number of carbonyl (C=O) groups is 1. The lowest BCUT2D eigenvalue weighted by Crippen LogP contribution is -2.37. The summed E-state index contributed by atoms with van der Waals surface area (Å²) in [6, 6.07) is 0. The molecule has 0 amide bonds. The van der Waals surface area contributed by atoms with Gasteiger partial charge in [-0.1, -0.05) is 23.3 Å². The van der Waals surface area contributed by atoms with Crippen LogP contribution in [0.15, 0.2) is 34.4 Å². The number of carbonyl (C=O) groups excluding carboxylic acids is 1. The molecular formula is C15H22O2. The molecule has 1 rings (SSSR count). The topological polar surface area (TPSA) is 26.3 Å². The molecule has 1 atom stereocenters. The predicted octanol–water partition coefficient (Wildman–Crippen LogP) is 3.59. The van der Waals surface area contributed by atoms with Crippen LogP contribution in [0.25, 0.3) is 0 Å². The lowest BCUT2D eigenvalue weighted by atomic mass is 9.79. The molecule has 0 heterocycles. The van der Waals surface area contributed by atoms with Crippen molar-refractivity contribution >= 4 is 5.78 Å². The Morgan fingerprint density at radius 1 is 1.35 bits per heavy atom. The summed E-state index contributed by atoms with van der Waals surface area (Å²) >= 11 is 0. The van der Waals surface area contributed by atoms with Crippen LogP contribution in [-0.4, -0.2) is 19.0 Å². The van der Waals surface area contributed by atoms with Gasteiger partial charge in [0.1, 0.15) is 6.10 Å². The molecule has 0 spiro atoms. The maximum absolute atomic E-state index is 11.8. The Morgan fingerprint density at radius 3 is 2.47 bits per heavy atom. The smallest absolute Gasteiger partial charge is 0.195 e. The van der Waals surface area contributed by atoms with Gasteiger partial charge in [-0.05, 0) is 46.1 Å². The van der Waals surface area contributed by atoms with Gasteiger partial charge in [0.25, 0.3) is 0 Å². The number of Topliss-reactive ketones (excluding diaryl/α,β-unsaturated/α-hetero) is 1. The van der Waals surface area contributed by atoms with Crippen LogP contribution < -0.4 is 0 Å². The summed E-state index contributed by atoms with van der Waals surface area (Å²) in [4.78, 5) is 11.8. The molecule has 0 aromatic heterocycles. The predicted molar refractivity (Wildman–Crippen MR) is 70.9 cm³/mol. The molecule has 0 aliphatic heterocycles. The lowest BCUT2D eigenvalue weighted by molar-refractivity contribution is -0.125. The Morgan fingerprint density at radius 2 is 2.00 bits per heavy atom. The van der Waals surface area contributed by atoms with E-state index in [4.69, 9.17) is 4.74 Å². The third kappa shape index (κ3) is 3.16. The molecule has 17 heavy (non-hydrogen) atoms. The summed E-state index contributed by atoms with van der Waals surface area (Å²) in [7, 11) is 1.60. The Hall–Kier alpha value is -1.15. The van der Waals surface area contributed by atoms with Crippen molar-refractivity contribution in [3.05, 3.63) is 34.4 Å². The van der Waals surface area contributed by atoms with Gasteiger partial charge in [0, 0.05) is 12.7 Å². The molecule has 0 saturated heterocycles. The molecule has 1 unspecified atom stereocenters. The van der Waals surface area contributed by atoms with Crippen LogP contribution >= 0.6 is 0 Å². The van der Waals surface area contributed by atoms with E-state index in [0.717, 1.165) is 29.6 Å². The van der Waals surface area contributed by atoms with Crippen molar-refractivity contribution < 1.29 is 9.53 Å². The molecule has 0 saturated carbocycles. The van der Waals surface area contributed by atoms with Crippen molar-refractivity contribution in [2.24, 2.45) is 0 Å². The van der Waals surface area contributed by atoms with E-state index in [1.54, 1.807) is 7.11 Å². The highest BCUT2D eigenvalue weighted by molar-refractivity contribution is 6.11. The number of hydrogen-bond donors (Lipinski definition) is 0. The van der Waals surface area contributed by atoms with Crippen molar-refractivity contribution in [2.75, 3.05) is 7.11 Å². The average Bonchev–Trinajstić information content (AvgIpc) is 2.30. The monoisotopic (exact) mass is 234 g/mol. The summed E-state index contributed by atoms with van der Waals surface area (Å²) in [6.07, 6.45) is 5.70. The molecule has 2 nitrogen and oxygen atoms in total. The van der Waals surface area contributed by atoms with Crippen LogP contribution in [0.1, 0.15) is 40.5 Å². The fraction of sp³-hybridized carbons (Fsp3) is 0.533. The third-order valence-corrected chi connectivity index (χ3v) is 3.12. The average molecular weight is 234 g/mol. The van der Waals surface area contributed by atoms with Gasteiger partial charge in [-0.15, -0.1) is 0 Å². The summed E-state index contributed by atoms with van der Waals surface area (Å²) in [5.41, 5.74) is 4.52. The quantitative estimate of drug-likeness (QED) is 0.679. The van der Waals surface area contributed by atoms with Crippen molar-refractivity contribution in [3.8, 4) is 0 Å². The van der Waals surface area contributed by atoms with Gasteiger partial charge in [0.2, 0.25) is 0 Å². The van der Waals surface area contributed by atoms with Crippen molar-refractivity contribution in [1.29, 1.82) is 0 Å². The third-order valence-electron chi connectivity index (χ3n) is 3.12. The minimum Gasteiger partial charge on any atom is -0.369 e. The molecule has 2 heteroatoms. The number of hydrogen-bond acceptors (Lipinski definition) is 2. The van der Waals surface area contributed by atoms with Crippen molar-refractivity contribution in [3.63, 3.8) is 0 Å². The molecule has 0 N–H and O–H groups in total. The first-order chi connectivity index (χ1) is 8.01. The van der Waals surface area contributed by atoms with Crippen molar-refractivity contribution in [1.82, 2.24) is 0 Å². The summed E-state index contributed by atoms with van der Waals surface area (Å²) in [5.74, 6) is 0.127. The van der Waals surface area contributed by atoms with E-state index < -0.39 is 0 Å². The van der Waals surface area contributed by atoms with E-state index in [-0.39, 0.29) is 11.9 Å². The first-order valence-corrected chi connectivity index (χ1v) is 6.08. The molecule has 1 aliphatic carbocycles. The van der Waals surface area contributed by atoms with E-state index in [0.29, 0.717) is 0 Å². The standard InChI is InChI=1S/C15H22O2/c1-6-11(4)7-8-12-13(9-10(2)3)14(16)15(12)17-5/h6,9,15H,7-8H2,1-5H3/b11-6-. The van der Waals surface area contributed by atoms with Crippen LogP contribution in [0.5, 0.6) is 0 Å². The highest BCUT2D eigenvalue weighted by atomic mass is 16.5. The highest BCUT2D eigenvalue weighted by Gasteiger charge is 2.37. The Balaban J connectivity index is 2.86. The Kier molecular flexibility index (Phi) is 4.88. The van der Waals surface area contributed by atoms with E-state index in [2.05, 4.69) is 13.0 Å². The summed E-state index contributed by atoms with van der Waals surface area (Å²) in [5, 5.41) is 0. The van der Waals surface area contributed by atoms with Gasteiger partial charge in [0.05, 0.1) is 0 Å². The maximum Gasteiger partial charge on any atom is 0.195 e. The van der Waals surface area contributed by atoms with E-state index in [1.165, 1.54) is 5.57 Å². The molecular weight excluding hydrogens is 212 g/mol. The molecule has 0 radical (unpaired) electrons. The minimum atomic E-state index is -0.301. The number of allylic oxidation sites excluding steroid dienone is 4. The Labute approximate surface area is 104 Å². The van der Waals surface area contributed by atoms with Gasteiger partial charge in [-0.25, -0.2) is 0 Å². The SMILES string of the molecule is C/C=C(/C)CCC1=C(C=C(C)C)C(=O)C1OC. The van der Waals surface area contributed by atoms with Crippen LogP contribution in [0, 0.1) is 0 Å². The zero-order valence-corrected chi connectivity index (χ0v) is 11.5. The molecule has 0 bridgehead atoms. The zero-order chi connectivity index (χ0) is 13.0. The van der Waals surface area contributed by atoms with Crippen LogP contribution in [-0.2, 0) is 9.53 Å².